The molecule has 0 aliphatic rings. The molecule has 0 aromatic carbocycles. The first-order chi connectivity index (χ1) is 5.33. The Morgan fingerprint density at radius 2 is 2.36 bits per heavy atom. The third kappa shape index (κ3) is 2.91. The molecule has 1 heterocycles. The van der Waals surface area contributed by atoms with E-state index >= 15 is 0 Å². The molecule has 0 unspecified atom stereocenters. The molecule has 0 amide bonds. The molecule has 0 radical (unpaired) electrons. The van der Waals surface area contributed by atoms with Gasteiger partial charge in [0.25, 0.3) is 0 Å². The van der Waals surface area contributed by atoms with Gasteiger partial charge in [0, 0.05) is 17.1 Å². The molecule has 0 aliphatic heterocycles. The molecule has 58 valence electrons. The largest absolute Gasteiger partial charge is 0.257 e. The Morgan fingerprint density at radius 1 is 1.55 bits per heavy atom. The molecule has 1 aromatic rings. The van der Waals surface area contributed by atoms with Crippen molar-refractivity contribution in [2.24, 2.45) is 0 Å². The number of aromatic nitrogens is 1. The first-order valence-electron chi connectivity index (χ1n) is 3.17. The van der Waals surface area contributed by atoms with Crippen molar-refractivity contribution < 1.29 is 0 Å². The fourth-order valence-electron chi connectivity index (χ4n) is 0.678. The molecule has 0 spiro atoms. The van der Waals surface area contributed by atoms with E-state index in [0.717, 1.165) is 5.69 Å². The van der Waals surface area contributed by atoms with E-state index in [-0.39, 0.29) is 0 Å². The standard InChI is InChI=1S/C8H7Cl2N/c9-4-1-2-8-6-7(10)3-5-11-8/h1-3,5-6H,4H2. The van der Waals surface area contributed by atoms with E-state index in [2.05, 4.69) is 4.98 Å². The number of allylic oxidation sites excluding steroid dienone is 1. The van der Waals surface area contributed by atoms with Crippen molar-refractivity contribution in [1.29, 1.82) is 0 Å². The molecule has 0 atom stereocenters. The molecule has 0 N–H and O–H groups in total. The van der Waals surface area contributed by atoms with Gasteiger partial charge in [-0.2, -0.15) is 0 Å². The smallest absolute Gasteiger partial charge is 0.0641 e. The maximum atomic E-state index is 5.72. The second-order valence-electron chi connectivity index (χ2n) is 1.96. The van der Waals surface area contributed by atoms with E-state index in [1.807, 2.05) is 12.2 Å². The zero-order valence-corrected chi connectivity index (χ0v) is 7.31. The predicted molar refractivity (Wildman–Crippen MR) is 49.0 cm³/mol. The van der Waals surface area contributed by atoms with Crippen LogP contribution in [0.1, 0.15) is 5.69 Å². The van der Waals surface area contributed by atoms with Crippen molar-refractivity contribution in [3.63, 3.8) is 0 Å². The SMILES string of the molecule is ClCC=Cc1cc(Cl)ccn1. The van der Waals surface area contributed by atoms with E-state index in [4.69, 9.17) is 23.2 Å². The van der Waals surface area contributed by atoms with Crippen molar-refractivity contribution >= 4 is 29.3 Å². The van der Waals surface area contributed by atoms with E-state index in [1.54, 1.807) is 18.3 Å². The first kappa shape index (κ1) is 8.57. The normalized spacial score (nSPS) is 10.7. The summed E-state index contributed by atoms with van der Waals surface area (Å²) in [5.41, 5.74) is 0.832. The van der Waals surface area contributed by atoms with Crippen LogP contribution in [0.25, 0.3) is 6.08 Å². The molecular weight excluding hydrogens is 181 g/mol. The van der Waals surface area contributed by atoms with Crippen LogP contribution in [0.2, 0.25) is 5.02 Å². The predicted octanol–water partition coefficient (Wildman–Crippen LogP) is 2.99. The molecule has 0 saturated heterocycles. The lowest BCUT2D eigenvalue weighted by Gasteiger charge is -1.91. The molecule has 0 fully saturated rings. The van der Waals surface area contributed by atoms with Crippen LogP contribution in [0.3, 0.4) is 0 Å². The third-order valence-corrected chi connectivity index (χ3v) is 1.53. The molecule has 1 rings (SSSR count). The number of halogens is 2. The number of nitrogens with zero attached hydrogens (tertiary/aromatic N) is 1. The van der Waals surface area contributed by atoms with Gasteiger partial charge in [0.15, 0.2) is 0 Å². The molecule has 0 aliphatic carbocycles. The van der Waals surface area contributed by atoms with Crippen LogP contribution < -0.4 is 0 Å². The zero-order valence-electron chi connectivity index (χ0n) is 5.80. The van der Waals surface area contributed by atoms with E-state index in [0.29, 0.717) is 10.9 Å². The summed E-state index contributed by atoms with van der Waals surface area (Å²) < 4.78 is 0. The zero-order chi connectivity index (χ0) is 8.10. The van der Waals surface area contributed by atoms with Gasteiger partial charge in [-0.1, -0.05) is 17.7 Å². The summed E-state index contributed by atoms with van der Waals surface area (Å²) in [7, 11) is 0. The highest BCUT2D eigenvalue weighted by Crippen LogP contribution is 2.08. The lowest BCUT2D eigenvalue weighted by atomic mass is 10.3. The summed E-state index contributed by atoms with van der Waals surface area (Å²) in [5, 5.41) is 0.689. The topological polar surface area (TPSA) is 12.9 Å². The second kappa shape index (κ2) is 4.37. The molecule has 1 aromatic heterocycles. The van der Waals surface area contributed by atoms with Crippen molar-refractivity contribution in [2.75, 3.05) is 5.88 Å². The Kier molecular flexibility index (Phi) is 3.40. The van der Waals surface area contributed by atoms with Crippen LogP contribution in [0, 0.1) is 0 Å². The Hall–Kier alpha value is -0.530. The molecule has 1 nitrogen and oxygen atoms in total. The van der Waals surface area contributed by atoms with Gasteiger partial charge in [-0.25, -0.2) is 0 Å². The lowest BCUT2D eigenvalue weighted by Crippen LogP contribution is -1.77. The summed E-state index contributed by atoms with van der Waals surface area (Å²) in [6.45, 7) is 0. The second-order valence-corrected chi connectivity index (χ2v) is 2.70. The molecular formula is C8H7Cl2N. The molecule has 11 heavy (non-hydrogen) atoms. The van der Waals surface area contributed by atoms with E-state index in [9.17, 15) is 0 Å². The van der Waals surface area contributed by atoms with Crippen LogP contribution in [0.15, 0.2) is 24.4 Å². The van der Waals surface area contributed by atoms with Crippen LogP contribution in [0.4, 0.5) is 0 Å². The minimum Gasteiger partial charge on any atom is -0.257 e. The number of hydrogen-bond donors (Lipinski definition) is 0. The maximum absolute atomic E-state index is 5.72. The highest BCUT2D eigenvalue weighted by molar-refractivity contribution is 6.30. The minimum atomic E-state index is 0.494. The Morgan fingerprint density at radius 3 is 3.00 bits per heavy atom. The summed E-state index contributed by atoms with van der Waals surface area (Å²) in [4.78, 5) is 4.05. The Balaban J connectivity index is 2.79. The van der Waals surface area contributed by atoms with Gasteiger partial charge < -0.3 is 0 Å². The maximum Gasteiger partial charge on any atom is 0.0641 e. The average molecular weight is 188 g/mol. The van der Waals surface area contributed by atoms with Crippen LogP contribution in [-0.2, 0) is 0 Å². The van der Waals surface area contributed by atoms with Gasteiger partial charge in [0.2, 0.25) is 0 Å². The van der Waals surface area contributed by atoms with Gasteiger partial charge >= 0.3 is 0 Å². The third-order valence-electron chi connectivity index (χ3n) is 1.12. The fraction of sp³-hybridized carbons (Fsp3) is 0.125. The highest BCUT2D eigenvalue weighted by atomic mass is 35.5. The van der Waals surface area contributed by atoms with Crippen LogP contribution >= 0.6 is 23.2 Å². The van der Waals surface area contributed by atoms with Gasteiger partial charge in [-0.3, -0.25) is 4.98 Å². The van der Waals surface area contributed by atoms with Crippen molar-refractivity contribution in [3.8, 4) is 0 Å². The van der Waals surface area contributed by atoms with Crippen LogP contribution in [0.5, 0.6) is 0 Å². The van der Waals surface area contributed by atoms with Crippen molar-refractivity contribution in [1.82, 2.24) is 4.98 Å². The quantitative estimate of drug-likeness (QED) is 0.650. The monoisotopic (exact) mass is 187 g/mol. The Bertz CT molecular complexity index is 258. The first-order valence-corrected chi connectivity index (χ1v) is 4.08. The van der Waals surface area contributed by atoms with E-state index < -0.39 is 0 Å². The summed E-state index contributed by atoms with van der Waals surface area (Å²) >= 11 is 11.2. The van der Waals surface area contributed by atoms with Gasteiger partial charge in [0.05, 0.1) is 5.69 Å². The summed E-state index contributed by atoms with van der Waals surface area (Å²) in [5.74, 6) is 0.494. The average Bonchev–Trinajstić information content (AvgIpc) is 2.01. The van der Waals surface area contributed by atoms with Crippen molar-refractivity contribution in [2.45, 2.75) is 0 Å². The lowest BCUT2D eigenvalue weighted by molar-refractivity contribution is 1.29. The molecule has 0 saturated carbocycles. The summed E-state index contributed by atoms with van der Waals surface area (Å²) in [6, 6.07) is 3.52. The Labute approximate surface area is 75.7 Å². The fourth-order valence-corrected chi connectivity index (χ4v) is 0.935. The molecule has 3 heteroatoms. The number of rotatable bonds is 2. The van der Waals surface area contributed by atoms with Gasteiger partial charge in [-0.05, 0) is 18.2 Å². The minimum absolute atomic E-state index is 0.494. The number of pyridine rings is 1. The highest BCUT2D eigenvalue weighted by Gasteiger charge is 1.88. The van der Waals surface area contributed by atoms with Crippen LogP contribution in [-0.4, -0.2) is 10.9 Å². The molecule has 0 bridgehead atoms. The number of alkyl halides is 1. The van der Waals surface area contributed by atoms with Gasteiger partial charge in [0.1, 0.15) is 0 Å². The van der Waals surface area contributed by atoms with Crippen molar-refractivity contribution in [3.05, 3.63) is 35.1 Å². The summed E-state index contributed by atoms with van der Waals surface area (Å²) in [6.07, 6.45) is 5.31. The number of hydrogen-bond acceptors (Lipinski definition) is 1. The van der Waals surface area contributed by atoms with Gasteiger partial charge in [-0.15, -0.1) is 11.6 Å². The van der Waals surface area contributed by atoms with E-state index in [1.165, 1.54) is 0 Å².